The lowest BCUT2D eigenvalue weighted by molar-refractivity contribution is -0.135. The molecule has 2 heterocycles. The number of carbonyl (C=O) groups excluding carboxylic acids is 4. The summed E-state index contributed by atoms with van der Waals surface area (Å²) in [7, 11) is 2.64. The molecule has 2 aromatic carbocycles. The summed E-state index contributed by atoms with van der Waals surface area (Å²) in [4.78, 5) is 60.9. The summed E-state index contributed by atoms with van der Waals surface area (Å²) in [5, 5.41) is 7.83. The van der Waals surface area contributed by atoms with Crippen molar-refractivity contribution in [1.29, 1.82) is 0 Å². The van der Waals surface area contributed by atoms with Gasteiger partial charge in [0.1, 0.15) is 11.9 Å². The number of ether oxygens (including phenoxy) is 2. The Morgan fingerprint density at radius 1 is 0.833 bits per heavy atom. The SMILES string of the molecule is COC(=O)N[C@H](C(=O)N1CCC[C@H]1c1ncc(-c2ccc(-c3ccc([C@@H](C)NC(=O)C4CCCCC4CN(NC(=O)OC)C(C)C)cc3)cc2)[nH]1)C(C)C. The van der Waals surface area contributed by atoms with Crippen LogP contribution in [-0.4, -0.2) is 83.3 Å². The van der Waals surface area contributed by atoms with Crippen molar-refractivity contribution in [2.75, 3.05) is 27.3 Å². The van der Waals surface area contributed by atoms with E-state index in [9.17, 15) is 19.2 Å². The average molecular weight is 744 g/mol. The van der Waals surface area contributed by atoms with Crippen molar-refractivity contribution >= 4 is 24.0 Å². The molecule has 0 bridgehead atoms. The molecule has 1 aliphatic heterocycles. The lowest BCUT2D eigenvalue weighted by Gasteiger charge is -2.36. The van der Waals surface area contributed by atoms with Crippen molar-refractivity contribution in [1.82, 2.24) is 35.9 Å². The van der Waals surface area contributed by atoms with Crippen LogP contribution in [0.1, 0.15) is 96.6 Å². The normalized spacial score (nSPS) is 19.7. The van der Waals surface area contributed by atoms with Crippen molar-refractivity contribution in [2.24, 2.45) is 17.8 Å². The smallest absolute Gasteiger partial charge is 0.421 e. The van der Waals surface area contributed by atoms with Crippen molar-refractivity contribution in [2.45, 2.75) is 97.3 Å². The van der Waals surface area contributed by atoms with Crippen LogP contribution in [0.2, 0.25) is 0 Å². The van der Waals surface area contributed by atoms with Gasteiger partial charge in [-0.15, -0.1) is 0 Å². The predicted octanol–water partition coefficient (Wildman–Crippen LogP) is 6.75. The van der Waals surface area contributed by atoms with Crippen LogP contribution < -0.4 is 16.1 Å². The molecule has 1 aliphatic carbocycles. The van der Waals surface area contributed by atoms with Gasteiger partial charge in [-0.25, -0.2) is 19.6 Å². The van der Waals surface area contributed by atoms with Gasteiger partial charge in [0.2, 0.25) is 11.8 Å². The van der Waals surface area contributed by atoms with Crippen LogP contribution >= 0.6 is 0 Å². The number of carbonyl (C=O) groups is 4. The van der Waals surface area contributed by atoms with E-state index < -0.39 is 18.2 Å². The molecule has 1 aromatic heterocycles. The fourth-order valence-electron chi connectivity index (χ4n) is 7.63. The Morgan fingerprint density at radius 2 is 1.46 bits per heavy atom. The Hall–Kier alpha value is -4.91. The molecule has 13 nitrogen and oxygen atoms in total. The number of rotatable bonds is 13. The Kier molecular flexibility index (Phi) is 13.7. The average Bonchev–Trinajstić information content (AvgIpc) is 3.87. The zero-order chi connectivity index (χ0) is 38.9. The number of likely N-dealkylation sites (tertiary alicyclic amines) is 1. The van der Waals surface area contributed by atoms with Gasteiger partial charge in [0.25, 0.3) is 0 Å². The summed E-state index contributed by atoms with van der Waals surface area (Å²) in [5.41, 5.74) is 7.80. The molecule has 3 aromatic rings. The number of aromatic amines is 1. The van der Waals surface area contributed by atoms with Crippen LogP contribution in [0.5, 0.6) is 0 Å². The maximum atomic E-state index is 13.6. The first-order chi connectivity index (χ1) is 25.9. The van der Waals surface area contributed by atoms with Crippen LogP contribution in [0.25, 0.3) is 22.4 Å². The first-order valence-corrected chi connectivity index (χ1v) is 19.2. The minimum absolute atomic E-state index is 0.0539. The Bertz CT molecular complexity index is 1720. The first kappa shape index (κ1) is 40.3. The Morgan fingerprint density at radius 3 is 2.09 bits per heavy atom. The van der Waals surface area contributed by atoms with Crippen LogP contribution in [0.4, 0.5) is 9.59 Å². The van der Waals surface area contributed by atoms with E-state index in [4.69, 9.17) is 9.47 Å². The number of hydrazine groups is 1. The van der Waals surface area contributed by atoms with Crippen LogP contribution in [0, 0.1) is 17.8 Å². The molecule has 0 spiro atoms. The van der Waals surface area contributed by atoms with Gasteiger partial charge in [-0.2, -0.15) is 0 Å². The molecule has 2 unspecified atom stereocenters. The number of benzene rings is 2. The largest absolute Gasteiger partial charge is 0.453 e. The lowest BCUT2D eigenvalue weighted by Crippen LogP contribution is -2.51. The molecule has 4 N–H and O–H groups in total. The number of amides is 4. The molecule has 0 radical (unpaired) electrons. The molecule has 54 heavy (non-hydrogen) atoms. The Balaban J connectivity index is 1.19. The number of methoxy groups -OCH3 is 2. The Labute approximate surface area is 318 Å². The third kappa shape index (κ3) is 9.79. The molecular formula is C41H57N7O6. The van der Waals surface area contributed by atoms with Crippen molar-refractivity contribution in [3.63, 3.8) is 0 Å². The molecule has 292 valence electrons. The van der Waals surface area contributed by atoms with Crippen molar-refractivity contribution in [3.05, 3.63) is 66.1 Å². The summed E-state index contributed by atoms with van der Waals surface area (Å²) < 4.78 is 9.56. The molecule has 13 heteroatoms. The lowest BCUT2D eigenvalue weighted by atomic mass is 9.78. The van der Waals surface area contributed by atoms with E-state index in [1.165, 1.54) is 14.2 Å². The number of alkyl carbamates (subject to hydrolysis) is 1. The highest BCUT2D eigenvalue weighted by molar-refractivity contribution is 5.86. The summed E-state index contributed by atoms with van der Waals surface area (Å²) in [6.07, 6.45) is 6.16. The molecule has 4 amide bonds. The number of aromatic nitrogens is 2. The summed E-state index contributed by atoms with van der Waals surface area (Å²) in [5.74, 6) is 0.543. The second-order valence-electron chi connectivity index (χ2n) is 15.2. The number of imidazole rings is 1. The van der Waals surface area contributed by atoms with Gasteiger partial charge in [0, 0.05) is 25.0 Å². The standard InChI is InChI=1S/C41H57N7O6/c1-25(2)36(45-40(51)53-6)39(50)47-22-10-13-35(47)37-42-23-34(44-37)31-20-18-30(19-21-31)29-16-14-28(15-17-29)27(5)43-38(49)33-12-9-8-11-32(33)24-48(26(3)4)46-41(52)54-7/h14-21,23,25-27,32-33,35-36H,8-13,22,24H2,1-7H3,(H,42,44)(H,43,49)(H,45,51)(H,46,52)/t27-,32?,33?,35+,36+/m1/s1. The highest BCUT2D eigenvalue weighted by atomic mass is 16.5. The number of nitrogens with one attached hydrogen (secondary N) is 4. The zero-order valence-electron chi connectivity index (χ0n) is 32.7. The number of hydrogen-bond donors (Lipinski definition) is 4. The second-order valence-corrected chi connectivity index (χ2v) is 15.2. The van der Waals surface area contributed by atoms with E-state index in [2.05, 4.69) is 74.6 Å². The molecule has 1 saturated carbocycles. The van der Waals surface area contributed by atoms with E-state index >= 15 is 0 Å². The molecule has 5 atom stereocenters. The fourth-order valence-corrected chi connectivity index (χ4v) is 7.63. The minimum atomic E-state index is -0.684. The molecular weight excluding hydrogens is 686 g/mol. The summed E-state index contributed by atoms with van der Waals surface area (Å²) in [6, 6.07) is 15.6. The van der Waals surface area contributed by atoms with E-state index in [0.29, 0.717) is 13.1 Å². The third-order valence-electron chi connectivity index (χ3n) is 10.9. The topological polar surface area (TPSA) is 158 Å². The molecule has 2 fully saturated rings. The minimum Gasteiger partial charge on any atom is -0.453 e. The van der Waals surface area contributed by atoms with Gasteiger partial charge >= 0.3 is 12.2 Å². The summed E-state index contributed by atoms with van der Waals surface area (Å²) in [6.45, 7) is 11.0. The van der Waals surface area contributed by atoms with Gasteiger partial charge < -0.3 is 30.0 Å². The molecule has 5 rings (SSSR count). The van der Waals surface area contributed by atoms with Gasteiger partial charge in [-0.05, 0) is 80.5 Å². The second kappa shape index (κ2) is 18.4. The van der Waals surface area contributed by atoms with Crippen molar-refractivity contribution in [3.8, 4) is 22.4 Å². The van der Waals surface area contributed by atoms with Crippen molar-refractivity contribution < 1.29 is 28.7 Å². The highest BCUT2D eigenvalue weighted by Gasteiger charge is 2.38. The van der Waals surface area contributed by atoms with E-state index in [-0.39, 0.29) is 47.7 Å². The molecule has 1 saturated heterocycles. The van der Waals surface area contributed by atoms with Gasteiger partial charge in [-0.3, -0.25) is 15.0 Å². The maximum Gasteiger partial charge on any atom is 0.421 e. The van der Waals surface area contributed by atoms with Gasteiger partial charge in [-0.1, -0.05) is 75.2 Å². The fraction of sp³-hybridized carbons (Fsp3) is 0.537. The van der Waals surface area contributed by atoms with E-state index in [1.807, 2.05) is 44.5 Å². The van der Waals surface area contributed by atoms with Crippen LogP contribution in [0.3, 0.4) is 0 Å². The number of nitrogens with zero attached hydrogens (tertiary/aromatic N) is 3. The predicted molar refractivity (Wildman–Crippen MR) is 207 cm³/mol. The quantitative estimate of drug-likeness (QED) is 0.140. The maximum absolute atomic E-state index is 13.6. The number of hydrogen-bond acceptors (Lipinski definition) is 8. The van der Waals surface area contributed by atoms with E-state index in [1.54, 1.807) is 6.20 Å². The van der Waals surface area contributed by atoms with Gasteiger partial charge in [0.05, 0.1) is 38.2 Å². The van der Waals surface area contributed by atoms with Gasteiger partial charge in [0.15, 0.2) is 0 Å². The van der Waals surface area contributed by atoms with Crippen LogP contribution in [-0.2, 0) is 19.1 Å². The zero-order valence-corrected chi connectivity index (χ0v) is 32.7. The molecule has 2 aliphatic rings. The monoisotopic (exact) mass is 743 g/mol. The van der Waals surface area contributed by atoms with E-state index in [0.717, 1.165) is 72.3 Å². The number of H-pyrrole nitrogens is 1. The first-order valence-electron chi connectivity index (χ1n) is 19.2. The highest BCUT2D eigenvalue weighted by Crippen LogP contribution is 2.34. The summed E-state index contributed by atoms with van der Waals surface area (Å²) >= 11 is 0. The van der Waals surface area contributed by atoms with Crippen LogP contribution in [0.15, 0.2) is 54.7 Å². The third-order valence-corrected chi connectivity index (χ3v) is 10.9.